The average Bonchev–Trinajstić information content (AvgIpc) is 2.96. The van der Waals surface area contributed by atoms with Crippen molar-refractivity contribution < 1.29 is 9.84 Å². The molecule has 2 aromatic heterocycles. The maximum absolute atomic E-state index is 9.72. The van der Waals surface area contributed by atoms with Crippen molar-refractivity contribution in [3.63, 3.8) is 0 Å². The van der Waals surface area contributed by atoms with Crippen molar-refractivity contribution in [1.29, 1.82) is 0 Å². The molecule has 0 amide bonds. The van der Waals surface area contributed by atoms with Gasteiger partial charge in [-0.2, -0.15) is 0 Å². The lowest BCUT2D eigenvalue weighted by Crippen LogP contribution is -2.17. The fourth-order valence-corrected chi connectivity index (χ4v) is 4.49. The second kappa shape index (κ2) is 12.2. The molecular formula is C29H24Cl2N6O2. The van der Waals surface area contributed by atoms with E-state index in [0.717, 1.165) is 30.0 Å². The largest absolute Gasteiger partial charge is 0.505 e. The van der Waals surface area contributed by atoms with E-state index in [0.29, 0.717) is 17.9 Å². The van der Waals surface area contributed by atoms with E-state index in [1.165, 1.54) is 17.3 Å². The van der Waals surface area contributed by atoms with Crippen molar-refractivity contribution in [3.8, 4) is 34.4 Å². The summed E-state index contributed by atoms with van der Waals surface area (Å²) in [6.45, 7) is 1.91. The zero-order valence-electron chi connectivity index (χ0n) is 21.0. The van der Waals surface area contributed by atoms with Gasteiger partial charge in [0.1, 0.15) is 12.3 Å². The van der Waals surface area contributed by atoms with Gasteiger partial charge in [-0.15, -0.1) is 5.10 Å². The zero-order valence-corrected chi connectivity index (χ0v) is 22.5. The van der Waals surface area contributed by atoms with Crippen LogP contribution in [0.5, 0.6) is 11.8 Å². The molecule has 1 N–H and O–H groups in total. The number of halogens is 2. The predicted octanol–water partition coefficient (Wildman–Crippen LogP) is 6.22. The van der Waals surface area contributed by atoms with Crippen LogP contribution in [0.15, 0.2) is 85.3 Å². The first-order valence-corrected chi connectivity index (χ1v) is 12.8. The minimum Gasteiger partial charge on any atom is -0.505 e. The molecule has 0 unspecified atom stereocenters. The average molecular weight is 559 g/mol. The van der Waals surface area contributed by atoms with Crippen molar-refractivity contribution >= 4 is 23.2 Å². The van der Waals surface area contributed by atoms with E-state index in [1.807, 2.05) is 30.3 Å². The summed E-state index contributed by atoms with van der Waals surface area (Å²) < 4.78 is 5.70. The predicted molar refractivity (Wildman–Crippen MR) is 150 cm³/mol. The summed E-state index contributed by atoms with van der Waals surface area (Å²) in [6.07, 6.45) is 5.02. The lowest BCUT2D eigenvalue weighted by atomic mass is 10.1. The highest BCUT2D eigenvalue weighted by Crippen LogP contribution is 2.35. The van der Waals surface area contributed by atoms with Gasteiger partial charge in [-0.05, 0) is 48.0 Å². The Hall–Kier alpha value is -4.11. The van der Waals surface area contributed by atoms with Crippen LogP contribution in [0, 0.1) is 0 Å². The molecule has 0 atom stereocenters. The van der Waals surface area contributed by atoms with E-state index in [1.54, 1.807) is 24.5 Å². The van der Waals surface area contributed by atoms with Crippen LogP contribution in [0.4, 0.5) is 0 Å². The highest BCUT2D eigenvalue weighted by Gasteiger charge is 2.11. The number of phenols is 1. The lowest BCUT2D eigenvalue weighted by Gasteiger charge is -2.17. The molecule has 0 aliphatic heterocycles. The van der Waals surface area contributed by atoms with Gasteiger partial charge < -0.3 is 9.84 Å². The number of hydrogen-bond donors (Lipinski definition) is 1. The molecule has 5 aromatic rings. The highest BCUT2D eigenvalue weighted by atomic mass is 35.5. The number of ether oxygens (including phenoxy) is 1. The number of phenolic OH excluding ortho intramolecular Hbond substituents is 1. The van der Waals surface area contributed by atoms with Crippen LogP contribution in [0.3, 0.4) is 0 Å². The van der Waals surface area contributed by atoms with Crippen LogP contribution < -0.4 is 4.74 Å². The first kappa shape index (κ1) is 26.5. The van der Waals surface area contributed by atoms with Gasteiger partial charge in [-0.1, -0.05) is 70.8 Å². The third-order valence-electron chi connectivity index (χ3n) is 5.90. The first-order valence-electron chi connectivity index (χ1n) is 12.1. The van der Waals surface area contributed by atoms with E-state index in [-0.39, 0.29) is 21.8 Å². The monoisotopic (exact) mass is 558 g/mol. The highest BCUT2D eigenvalue weighted by molar-refractivity contribution is 6.37. The summed E-state index contributed by atoms with van der Waals surface area (Å²) in [5, 5.41) is 18.1. The molecule has 0 aliphatic rings. The fraction of sp³-hybridized carbons (Fsp3) is 0.138. The van der Waals surface area contributed by atoms with Gasteiger partial charge >= 0.3 is 6.01 Å². The minimum absolute atomic E-state index is 0.127. The van der Waals surface area contributed by atoms with Crippen molar-refractivity contribution in [3.05, 3.63) is 112 Å². The first-order chi connectivity index (χ1) is 18.9. The van der Waals surface area contributed by atoms with E-state index in [4.69, 9.17) is 27.9 Å². The number of nitrogens with zero attached hydrogens (tertiary/aromatic N) is 6. The molecule has 0 saturated carbocycles. The molecule has 196 valence electrons. The topological polar surface area (TPSA) is 97.2 Å². The third-order valence-corrected chi connectivity index (χ3v) is 6.48. The van der Waals surface area contributed by atoms with Crippen molar-refractivity contribution in [2.45, 2.75) is 19.7 Å². The van der Waals surface area contributed by atoms with Crippen molar-refractivity contribution in [2.75, 3.05) is 7.05 Å². The normalized spacial score (nSPS) is 11.1. The van der Waals surface area contributed by atoms with E-state index in [9.17, 15) is 5.11 Å². The number of rotatable bonds is 9. The van der Waals surface area contributed by atoms with Gasteiger partial charge in [-0.25, -0.2) is 15.0 Å². The van der Waals surface area contributed by atoms with Crippen LogP contribution in [-0.4, -0.2) is 42.2 Å². The van der Waals surface area contributed by atoms with Crippen LogP contribution in [0.25, 0.3) is 22.6 Å². The van der Waals surface area contributed by atoms with Crippen LogP contribution in [-0.2, 0) is 19.7 Å². The van der Waals surface area contributed by atoms with Gasteiger partial charge in [0.15, 0.2) is 11.6 Å². The maximum atomic E-state index is 9.72. The maximum Gasteiger partial charge on any atom is 0.336 e. The van der Waals surface area contributed by atoms with Gasteiger partial charge in [0.25, 0.3) is 0 Å². The van der Waals surface area contributed by atoms with Crippen molar-refractivity contribution in [1.82, 2.24) is 30.0 Å². The standard InChI is InChI=1S/C29H24Cl2N6O2/c1-37(17-21-4-2-5-22(12-21)28-32-10-3-11-33-28)16-19-6-8-20(9-7-19)18-39-29-34-15-26(35-36-29)23-13-24(30)27(38)25(31)14-23/h2-15,38H,16-18H2,1H3. The number of hydrogen-bond acceptors (Lipinski definition) is 8. The molecule has 3 aromatic carbocycles. The van der Waals surface area contributed by atoms with Gasteiger partial charge in [0, 0.05) is 36.6 Å². The fourth-order valence-electron chi connectivity index (χ4n) is 4.00. The molecule has 0 bridgehead atoms. The van der Waals surface area contributed by atoms with Gasteiger partial charge in [0.2, 0.25) is 0 Å². The molecule has 0 radical (unpaired) electrons. The molecule has 0 spiro atoms. The molecular weight excluding hydrogens is 535 g/mol. The number of aromatic hydroxyl groups is 1. The zero-order chi connectivity index (χ0) is 27.2. The van der Waals surface area contributed by atoms with Crippen molar-refractivity contribution in [2.24, 2.45) is 0 Å². The third kappa shape index (κ3) is 6.86. The molecule has 0 fully saturated rings. The molecule has 2 heterocycles. The molecule has 8 nitrogen and oxygen atoms in total. The minimum atomic E-state index is -0.176. The smallest absolute Gasteiger partial charge is 0.336 e. The quantitative estimate of drug-likeness (QED) is 0.227. The summed E-state index contributed by atoms with van der Waals surface area (Å²) in [5.74, 6) is 0.550. The lowest BCUT2D eigenvalue weighted by molar-refractivity contribution is 0.276. The van der Waals surface area contributed by atoms with Gasteiger partial charge in [-0.3, -0.25) is 4.90 Å². The Labute approximate surface area is 235 Å². The summed E-state index contributed by atoms with van der Waals surface area (Å²) in [4.78, 5) is 15.2. The molecule has 0 aliphatic carbocycles. The molecule has 39 heavy (non-hydrogen) atoms. The van der Waals surface area contributed by atoms with E-state index < -0.39 is 0 Å². The second-order valence-electron chi connectivity index (χ2n) is 8.96. The Morgan fingerprint density at radius 3 is 2.15 bits per heavy atom. The number of benzene rings is 3. The van der Waals surface area contributed by atoms with Crippen LogP contribution >= 0.6 is 23.2 Å². The van der Waals surface area contributed by atoms with Crippen LogP contribution in [0.2, 0.25) is 10.0 Å². The van der Waals surface area contributed by atoms with E-state index >= 15 is 0 Å². The Bertz CT molecular complexity index is 1530. The summed E-state index contributed by atoms with van der Waals surface area (Å²) in [6, 6.07) is 21.6. The summed E-state index contributed by atoms with van der Waals surface area (Å²) in [7, 11) is 2.09. The van der Waals surface area contributed by atoms with E-state index in [2.05, 4.69) is 61.4 Å². The Kier molecular flexibility index (Phi) is 8.27. The molecule has 10 heteroatoms. The van der Waals surface area contributed by atoms with Crippen LogP contribution in [0.1, 0.15) is 16.7 Å². The molecule has 5 rings (SSSR count). The number of aromatic nitrogens is 5. The second-order valence-corrected chi connectivity index (χ2v) is 9.78. The SMILES string of the molecule is CN(Cc1ccc(COc2ncc(-c3cc(Cl)c(O)c(Cl)c3)nn2)cc1)Cc1cccc(-c2ncccn2)c1. The Morgan fingerprint density at radius 1 is 0.769 bits per heavy atom. The molecule has 0 saturated heterocycles. The summed E-state index contributed by atoms with van der Waals surface area (Å²) in [5.41, 5.74) is 5.43. The van der Waals surface area contributed by atoms with Gasteiger partial charge in [0.05, 0.1) is 16.2 Å². The Morgan fingerprint density at radius 2 is 1.46 bits per heavy atom. The Balaban J connectivity index is 1.14. The summed E-state index contributed by atoms with van der Waals surface area (Å²) >= 11 is 12.0.